The van der Waals surface area contributed by atoms with E-state index in [0.29, 0.717) is 26.5 Å². The van der Waals surface area contributed by atoms with Crippen molar-refractivity contribution in [2.45, 2.75) is 0 Å². The van der Waals surface area contributed by atoms with E-state index in [-0.39, 0.29) is 16.9 Å². The molecule has 2 amide bonds. The van der Waals surface area contributed by atoms with Crippen LogP contribution in [-0.4, -0.2) is 22.9 Å². The molecule has 0 bridgehead atoms. The molecule has 3 aromatic rings. The summed E-state index contributed by atoms with van der Waals surface area (Å²) in [6.45, 7) is 0. The third-order valence-corrected chi connectivity index (χ3v) is 5.08. The zero-order chi connectivity index (χ0) is 21.4. The first kappa shape index (κ1) is 19.9. The Kier molecular flexibility index (Phi) is 5.19. The second-order valence-electron chi connectivity index (χ2n) is 6.32. The van der Waals surface area contributed by atoms with E-state index < -0.39 is 17.8 Å². The van der Waals surface area contributed by atoms with Crippen LogP contribution in [0, 0.1) is 0 Å². The number of aromatic carboxylic acids is 1. The third kappa shape index (κ3) is 3.74. The molecule has 2 N–H and O–H groups in total. The quantitative estimate of drug-likeness (QED) is 0.416. The van der Waals surface area contributed by atoms with Crippen molar-refractivity contribution < 1.29 is 23.9 Å². The molecule has 0 atom stereocenters. The number of rotatable bonds is 4. The fourth-order valence-corrected chi connectivity index (χ4v) is 3.53. The van der Waals surface area contributed by atoms with Crippen molar-refractivity contribution in [2.24, 2.45) is 0 Å². The summed E-state index contributed by atoms with van der Waals surface area (Å²) in [6.07, 6.45) is 1.31. The average molecular weight is 488 g/mol. The molecule has 1 aromatic heterocycles. The summed E-state index contributed by atoms with van der Waals surface area (Å²) in [7, 11) is 0. The summed E-state index contributed by atoms with van der Waals surface area (Å²) >= 11 is 9.20. The predicted molar refractivity (Wildman–Crippen MR) is 114 cm³/mol. The second kappa shape index (κ2) is 7.81. The Morgan fingerprint density at radius 1 is 1.13 bits per heavy atom. The maximum atomic E-state index is 12.7. The van der Waals surface area contributed by atoms with E-state index >= 15 is 0 Å². The number of nitrogens with one attached hydrogen (secondary N) is 1. The van der Waals surface area contributed by atoms with Gasteiger partial charge in [0.1, 0.15) is 17.1 Å². The zero-order valence-electron chi connectivity index (χ0n) is 15.1. The van der Waals surface area contributed by atoms with Gasteiger partial charge in [0.2, 0.25) is 0 Å². The van der Waals surface area contributed by atoms with Crippen molar-refractivity contribution >= 4 is 57.1 Å². The first-order chi connectivity index (χ1) is 14.3. The van der Waals surface area contributed by atoms with Crippen LogP contribution >= 0.6 is 27.5 Å². The molecule has 1 fully saturated rings. The van der Waals surface area contributed by atoms with Crippen molar-refractivity contribution in [3.05, 3.63) is 81.0 Å². The molecule has 2 heterocycles. The highest BCUT2D eigenvalue weighted by molar-refractivity contribution is 9.10. The number of hydrazine groups is 1. The van der Waals surface area contributed by atoms with E-state index in [9.17, 15) is 19.5 Å². The molecule has 4 rings (SSSR count). The van der Waals surface area contributed by atoms with Crippen molar-refractivity contribution in [1.82, 2.24) is 5.43 Å². The number of carboxylic acids is 1. The number of carbonyl (C=O) groups excluding carboxylic acids is 2. The van der Waals surface area contributed by atoms with Crippen molar-refractivity contribution in [3.8, 4) is 11.3 Å². The Hall–Kier alpha value is -3.36. The number of hydrogen-bond acceptors (Lipinski definition) is 4. The topological polar surface area (TPSA) is 99.9 Å². The minimum absolute atomic E-state index is 0.0553. The van der Waals surface area contributed by atoms with E-state index in [1.807, 2.05) is 0 Å². The lowest BCUT2D eigenvalue weighted by Gasteiger charge is -2.14. The first-order valence-corrected chi connectivity index (χ1v) is 9.76. The molecule has 0 spiro atoms. The van der Waals surface area contributed by atoms with Crippen LogP contribution in [0.3, 0.4) is 0 Å². The number of furan rings is 1. The van der Waals surface area contributed by atoms with Crippen LogP contribution in [0.4, 0.5) is 5.69 Å². The minimum Gasteiger partial charge on any atom is -0.478 e. The molecule has 150 valence electrons. The smallest absolute Gasteiger partial charge is 0.336 e. The SMILES string of the molecule is O=C1NN(c2cccc(Cl)c2)C(=O)C1=Cc1ccc(-c2ccc(Br)cc2C(=O)O)o1. The molecule has 1 saturated heterocycles. The first-order valence-electron chi connectivity index (χ1n) is 8.59. The number of carboxylic acid groups (broad SMARTS) is 1. The van der Waals surface area contributed by atoms with Gasteiger partial charge < -0.3 is 9.52 Å². The fraction of sp³-hybridized carbons (Fsp3) is 0. The van der Waals surface area contributed by atoms with E-state index in [4.69, 9.17) is 16.0 Å². The van der Waals surface area contributed by atoms with Crippen LogP contribution in [0.1, 0.15) is 16.1 Å². The summed E-state index contributed by atoms with van der Waals surface area (Å²) in [4.78, 5) is 36.5. The average Bonchev–Trinajstić information content (AvgIpc) is 3.28. The number of anilines is 1. The van der Waals surface area contributed by atoms with Crippen LogP contribution in [-0.2, 0) is 9.59 Å². The van der Waals surface area contributed by atoms with Gasteiger partial charge >= 0.3 is 5.97 Å². The standard InChI is InChI=1S/C21H12BrClN2O5/c22-11-4-6-15(16(8-11)21(28)29)18-7-5-14(30-18)10-17-19(26)24-25(20(17)27)13-3-1-2-12(23)9-13/h1-10H,(H,24,26)(H,28,29). The highest BCUT2D eigenvalue weighted by Crippen LogP contribution is 2.30. The maximum Gasteiger partial charge on any atom is 0.336 e. The van der Waals surface area contributed by atoms with Crippen molar-refractivity contribution in [3.63, 3.8) is 0 Å². The molecule has 1 aliphatic heterocycles. The van der Waals surface area contributed by atoms with Crippen molar-refractivity contribution in [2.75, 3.05) is 5.01 Å². The van der Waals surface area contributed by atoms with Gasteiger partial charge in [-0.1, -0.05) is 33.6 Å². The molecule has 30 heavy (non-hydrogen) atoms. The zero-order valence-corrected chi connectivity index (χ0v) is 17.4. The molecular weight excluding hydrogens is 476 g/mol. The van der Waals surface area contributed by atoms with Gasteiger partial charge in [-0.15, -0.1) is 0 Å². The predicted octanol–water partition coefficient (Wildman–Crippen LogP) is 4.52. The molecule has 2 aromatic carbocycles. The monoisotopic (exact) mass is 486 g/mol. The fourth-order valence-electron chi connectivity index (χ4n) is 2.98. The van der Waals surface area contributed by atoms with E-state index in [2.05, 4.69) is 21.4 Å². The highest BCUT2D eigenvalue weighted by atomic mass is 79.9. The molecule has 0 unspecified atom stereocenters. The van der Waals surface area contributed by atoms with Gasteiger partial charge in [-0.25, -0.2) is 9.80 Å². The minimum atomic E-state index is -1.11. The number of benzene rings is 2. The molecular formula is C21H12BrClN2O5. The molecule has 0 radical (unpaired) electrons. The van der Waals surface area contributed by atoms with Crippen LogP contribution in [0.15, 0.2) is 69.1 Å². The Labute approximate surface area is 183 Å². The number of halogens is 2. The molecule has 0 saturated carbocycles. The summed E-state index contributed by atoms with van der Waals surface area (Å²) in [5, 5.41) is 10.9. The van der Waals surface area contributed by atoms with Gasteiger partial charge in [-0.05, 0) is 54.6 Å². The Morgan fingerprint density at radius 3 is 2.67 bits per heavy atom. The third-order valence-electron chi connectivity index (χ3n) is 4.35. The summed E-state index contributed by atoms with van der Waals surface area (Å²) in [5.41, 5.74) is 3.21. The summed E-state index contributed by atoms with van der Waals surface area (Å²) in [6, 6.07) is 14.4. The molecule has 9 heteroatoms. The van der Waals surface area contributed by atoms with Crippen molar-refractivity contribution in [1.29, 1.82) is 0 Å². The van der Waals surface area contributed by atoms with E-state index in [1.54, 1.807) is 48.5 Å². The summed E-state index contributed by atoms with van der Waals surface area (Å²) < 4.78 is 6.31. The van der Waals surface area contributed by atoms with Crippen LogP contribution in [0.5, 0.6) is 0 Å². The maximum absolute atomic E-state index is 12.7. The lowest BCUT2D eigenvalue weighted by atomic mass is 10.1. The van der Waals surface area contributed by atoms with E-state index in [1.165, 1.54) is 12.1 Å². The van der Waals surface area contributed by atoms with Crippen LogP contribution < -0.4 is 10.4 Å². The van der Waals surface area contributed by atoms with Crippen LogP contribution in [0.25, 0.3) is 17.4 Å². The second-order valence-corrected chi connectivity index (χ2v) is 7.67. The molecule has 0 aliphatic carbocycles. The van der Waals surface area contributed by atoms with Gasteiger partial charge in [-0.2, -0.15) is 0 Å². The molecule has 7 nitrogen and oxygen atoms in total. The van der Waals surface area contributed by atoms with Gasteiger partial charge in [0.05, 0.1) is 11.3 Å². The number of nitrogens with zero attached hydrogens (tertiary/aromatic N) is 1. The Bertz CT molecular complexity index is 1230. The lowest BCUT2D eigenvalue weighted by Crippen LogP contribution is -2.35. The molecule has 1 aliphatic rings. The normalized spacial score (nSPS) is 15.0. The Balaban J connectivity index is 1.66. The number of carbonyl (C=O) groups is 3. The van der Waals surface area contributed by atoms with Crippen LogP contribution in [0.2, 0.25) is 5.02 Å². The lowest BCUT2D eigenvalue weighted by molar-refractivity contribution is -0.117. The highest BCUT2D eigenvalue weighted by Gasteiger charge is 2.34. The van der Waals surface area contributed by atoms with Gasteiger partial charge in [0.15, 0.2) is 0 Å². The Morgan fingerprint density at radius 2 is 1.93 bits per heavy atom. The van der Waals surface area contributed by atoms with Gasteiger partial charge in [-0.3, -0.25) is 15.0 Å². The van der Waals surface area contributed by atoms with E-state index in [0.717, 1.165) is 5.01 Å². The van der Waals surface area contributed by atoms with Gasteiger partial charge in [0.25, 0.3) is 11.8 Å². The summed E-state index contributed by atoms with van der Waals surface area (Å²) in [5.74, 6) is -1.73. The largest absolute Gasteiger partial charge is 0.478 e. The van der Waals surface area contributed by atoms with Gasteiger partial charge in [0, 0.05) is 15.1 Å². The number of hydrogen-bond donors (Lipinski definition) is 2. The number of amides is 2.